The van der Waals surface area contributed by atoms with E-state index in [1.54, 1.807) is 15.6 Å². The molecule has 0 spiro atoms. The molecule has 0 aliphatic heterocycles. The largest absolute Gasteiger partial charge is 0.318 e. The van der Waals surface area contributed by atoms with Gasteiger partial charge in [-0.25, -0.2) is 14.6 Å². The first-order valence-electron chi connectivity index (χ1n) is 9.49. The Kier molecular flexibility index (Phi) is 4.62. The number of aromatic nitrogens is 6. The Labute approximate surface area is 168 Å². The lowest BCUT2D eigenvalue weighted by molar-refractivity contribution is 0.101. The molecule has 8 heteroatoms. The number of anilines is 1. The molecule has 0 unspecified atom stereocenters. The highest BCUT2D eigenvalue weighted by Crippen LogP contribution is 2.23. The minimum absolute atomic E-state index is 0.115. The molecule has 0 saturated carbocycles. The predicted molar refractivity (Wildman–Crippen MR) is 111 cm³/mol. The SMILES string of the molecule is Cc1nn(C)c2ncc(NC(=O)c3nc(C)n(-c4ccccc4C(C)C)n3)cc12. The van der Waals surface area contributed by atoms with Crippen molar-refractivity contribution in [2.45, 2.75) is 33.6 Å². The van der Waals surface area contributed by atoms with E-state index in [9.17, 15) is 4.79 Å². The Morgan fingerprint density at radius 1 is 1.14 bits per heavy atom. The Hall–Kier alpha value is -3.55. The molecule has 1 amide bonds. The molecule has 0 atom stereocenters. The van der Waals surface area contributed by atoms with Gasteiger partial charge in [-0.05, 0) is 37.5 Å². The third-order valence-corrected chi connectivity index (χ3v) is 4.88. The summed E-state index contributed by atoms with van der Waals surface area (Å²) in [4.78, 5) is 21.5. The predicted octanol–water partition coefficient (Wildman–Crippen LogP) is 3.54. The molecule has 3 aromatic heterocycles. The number of nitrogens with one attached hydrogen (secondary N) is 1. The minimum atomic E-state index is -0.378. The molecule has 1 aromatic carbocycles. The second-order valence-corrected chi connectivity index (χ2v) is 7.37. The van der Waals surface area contributed by atoms with Gasteiger partial charge in [-0.2, -0.15) is 5.10 Å². The number of aryl methyl sites for hydroxylation is 3. The standard InChI is InChI=1S/C21H23N7O/c1-12(2)16-8-6-7-9-18(16)28-14(4)23-19(26-28)21(29)24-15-10-17-13(3)25-27(5)20(17)22-11-15/h6-12H,1-5H3,(H,24,29). The summed E-state index contributed by atoms with van der Waals surface area (Å²) in [6, 6.07) is 9.88. The maximum absolute atomic E-state index is 12.8. The number of carbonyl (C=O) groups is 1. The second kappa shape index (κ2) is 7.12. The number of amides is 1. The van der Waals surface area contributed by atoms with Crippen molar-refractivity contribution >= 4 is 22.6 Å². The third kappa shape index (κ3) is 3.37. The fourth-order valence-corrected chi connectivity index (χ4v) is 3.45. The number of hydrogen-bond acceptors (Lipinski definition) is 5. The van der Waals surface area contributed by atoms with Crippen molar-refractivity contribution in [2.24, 2.45) is 7.05 Å². The van der Waals surface area contributed by atoms with E-state index in [2.05, 4.69) is 45.4 Å². The zero-order chi connectivity index (χ0) is 20.7. The Morgan fingerprint density at radius 3 is 2.66 bits per heavy atom. The summed E-state index contributed by atoms with van der Waals surface area (Å²) >= 11 is 0. The highest BCUT2D eigenvalue weighted by atomic mass is 16.2. The van der Waals surface area contributed by atoms with Gasteiger partial charge in [0.1, 0.15) is 5.82 Å². The molecular weight excluding hydrogens is 366 g/mol. The molecule has 29 heavy (non-hydrogen) atoms. The lowest BCUT2D eigenvalue weighted by Crippen LogP contribution is -2.14. The van der Waals surface area contributed by atoms with Crippen molar-refractivity contribution in [3.8, 4) is 5.69 Å². The van der Waals surface area contributed by atoms with Crippen molar-refractivity contribution in [2.75, 3.05) is 5.32 Å². The molecule has 1 N–H and O–H groups in total. The van der Waals surface area contributed by atoms with Crippen LogP contribution in [0.5, 0.6) is 0 Å². The van der Waals surface area contributed by atoms with Crippen LogP contribution in [0.1, 0.15) is 47.5 Å². The highest BCUT2D eigenvalue weighted by molar-refractivity contribution is 6.02. The molecule has 0 saturated heterocycles. The second-order valence-electron chi connectivity index (χ2n) is 7.37. The van der Waals surface area contributed by atoms with Crippen molar-refractivity contribution < 1.29 is 4.79 Å². The normalized spacial score (nSPS) is 11.4. The molecule has 8 nitrogen and oxygen atoms in total. The number of carbonyl (C=O) groups excluding carboxylic acids is 1. The Bertz CT molecular complexity index is 1220. The van der Waals surface area contributed by atoms with E-state index in [1.165, 1.54) is 0 Å². The van der Waals surface area contributed by atoms with Gasteiger partial charge in [0.05, 0.1) is 23.3 Å². The zero-order valence-corrected chi connectivity index (χ0v) is 17.1. The van der Waals surface area contributed by atoms with Gasteiger partial charge in [0.25, 0.3) is 5.91 Å². The van der Waals surface area contributed by atoms with Gasteiger partial charge in [-0.15, -0.1) is 5.10 Å². The van der Waals surface area contributed by atoms with Crippen molar-refractivity contribution in [3.63, 3.8) is 0 Å². The molecule has 3 heterocycles. The first-order valence-corrected chi connectivity index (χ1v) is 9.49. The molecule has 0 fully saturated rings. The lowest BCUT2D eigenvalue weighted by Gasteiger charge is -2.12. The van der Waals surface area contributed by atoms with Crippen LogP contribution in [0.4, 0.5) is 5.69 Å². The minimum Gasteiger partial charge on any atom is -0.318 e. The van der Waals surface area contributed by atoms with Gasteiger partial charge in [0.2, 0.25) is 5.82 Å². The van der Waals surface area contributed by atoms with Crippen LogP contribution in [0, 0.1) is 13.8 Å². The smallest absolute Gasteiger partial charge is 0.295 e. The van der Waals surface area contributed by atoms with E-state index >= 15 is 0 Å². The Balaban J connectivity index is 1.64. The lowest BCUT2D eigenvalue weighted by atomic mass is 10.0. The van der Waals surface area contributed by atoms with E-state index in [4.69, 9.17) is 0 Å². The van der Waals surface area contributed by atoms with Gasteiger partial charge >= 0.3 is 0 Å². The van der Waals surface area contributed by atoms with Crippen LogP contribution in [0.25, 0.3) is 16.7 Å². The van der Waals surface area contributed by atoms with Crippen molar-refractivity contribution in [3.05, 3.63) is 59.4 Å². The monoisotopic (exact) mass is 389 g/mol. The summed E-state index contributed by atoms with van der Waals surface area (Å²) in [5.74, 6) is 0.716. The van der Waals surface area contributed by atoms with Crippen LogP contribution in [0.3, 0.4) is 0 Å². The number of pyridine rings is 1. The summed E-state index contributed by atoms with van der Waals surface area (Å²) < 4.78 is 3.44. The van der Waals surface area contributed by atoms with Gasteiger partial charge in [-0.1, -0.05) is 32.0 Å². The van der Waals surface area contributed by atoms with E-state index < -0.39 is 0 Å². The first kappa shape index (κ1) is 18.8. The fraction of sp³-hybridized carbons (Fsp3) is 0.286. The fourth-order valence-electron chi connectivity index (χ4n) is 3.45. The van der Waals surface area contributed by atoms with E-state index in [0.29, 0.717) is 17.4 Å². The average molecular weight is 389 g/mol. The maximum atomic E-state index is 12.8. The van der Waals surface area contributed by atoms with Crippen LogP contribution in [-0.2, 0) is 7.05 Å². The summed E-state index contributed by atoms with van der Waals surface area (Å²) in [5.41, 5.74) is 4.28. The summed E-state index contributed by atoms with van der Waals surface area (Å²) in [6.45, 7) is 8.01. The van der Waals surface area contributed by atoms with Crippen LogP contribution >= 0.6 is 0 Å². The molecule has 4 rings (SSSR count). The quantitative estimate of drug-likeness (QED) is 0.576. The molecule has 148 valence electrons. The summed E-state index contributed by atoms with van der Waals surface area (Å²) in [5, 5.41) is 12.5. The van der Waals surface area contributed by atoms with E-state index in [1.807, 2.05) is 45.2 Å². The van der Waals surface area contributed by atoms with Gasteiger partial charge < -0.3 is 5.32 Å². The molecule has 0 aliphatic rings. The summed E-state index contributed by atoms with van der Waals surface area (Å²) in [7, 11) is 1.84. The molecule has 0 aliphatic carbocycles. The number of fused-ring (bicyclic) bond motifs is 1. The zero-order valence-electron chi connectivity index (χ0n) is 17.1. The molecule has 0 radical (unpaired) electrons. The van der Waals surface area contributed by atoms with Crippen molar-refractivity contribution in [1.82, 2.24) is 29.5 Å². The maximum Gasteiger partial charge on any atom is 0.295 e. The number of benzene rings is 1. The average Bonchev–Trinajstić information content (AvgIpc) is 3.21. The van der Waals surface area contributed by atoms with Crippen LogP contribution in [0.2, 0.25) is 0 Å². The van der Waals surface area contributed by atoms with E-state index in [-0.39, 0.29) is 11.7 Å². The first-order chi connectivity index (χ1) is 13.8. The molecular formula is C21H23N7O. The molecule has 4 aromatic rings. The highest BCUT2D eigenvalue weighted by Gasteiger charge is 2.18. The van der Waals surface area contributed by atoms with Crippen LogP contribution < -0.4 is 5.32 Å². The number of hydrogen-bond donors (Lipinski definition) is 1. The Morgan fingerprint density at radius 2 is 1.90 bits per heavy atom. The van der Waals surface area contributed by atoms with Gasteiger partial charge in [0, 0.05) is 12.4 Å². The van der Waals surface area contributed by atoms with Gasteiger partial charge in [0.15, 0.2) is 5.65 Å². The number of para-hydroxylation sites is 1. The summed E-state index contributed by atoms with van der Waals surface area (Å²) in [6.07, 6.45) is 1.61. The van der Waals surface area contributed by atoms with Crippen molar-refractivity contribution in [1.29, 1.82) is 0 Å². The van der Waals surface area contributed by atoms with Gasteiger partial charge in [-0.3, -0.25) is 9.48 Å². The van der Waals surface area contributed by atoms with E-state index in [0.717, 1.165) is 28.0 Å². The third-order valence-electron chi connectivity index (χ3n) is 4.88. The van der Waals surface area contributed by atoms with Crippen LogP contribution in [-0.4, -0.2) is 35.4 Å². The van der Waals surface area contributed by atoms with Crippen LogP contribution in [0.15, 0.2) is 36.5 Å². The number of nitrogens with zero attached hydrogens (tertiary/aromatic N) is 6. The topological polar surface area (TPSA) is 90.5 Å². The number of rotatable bonds is 4. The molecule has 0 bridgehead atoms.